The highest BCUT2D eigenvalue weighted by molar-refractivity contribution is 5.92. The molecule has 0 unspecified atom stereocenters. The second-order valence-electron chi connectivity index (χ2n) is 7.15. The number of fused-ring (bicyclic) bond motifs is 1. The molecule has 9 nitrogen and oxygen atoms in total. The normalized spacial score (nSPS) is 14.4. The summed E-state index contributed by atoms with van der Waals surface area (Å²) in [6.45, 7) is 7.16. The number of nitrogens with zero attached hydrogens (tertiary/aromatic N) is 5. The minimum atomic E-state index is -0.180. The number of H-pyrrole nitrogens is 1. The molecule has 4 rings (SSSR count). The van der Waals surface area contributed by atoms with Crippen LogP contribution in [0.5, 0.6) is 0 Å². The Morgan fingerprint density at radius 1 is 1.21 bits per heavy atom. The Bertz CT molecular complexity index is 1110. The van der Waals surface area contributed by atoms with Crippen LogP contribution >= 0.6 is 0 Å². The maximum Gasteiger partial charge on any atom is 0.269 e. The van der Waals surface area contributed by atoms with Crippen LogP contribution in [0, 0.1) is 6.92 Å². The van der Waals surface area contributed by atoms with Crippen LogP contribution in [0.1, 0.15) is 28.7 Å². The Morgan fingerprint density at radius 2 is 1.93 bits per heavy atom. The first-order valence-corrected chi connectivity index (χ1v) is 9.81. The van der Waals surface area contributed by atoms with Crippen molar-refractivity contribution in [1.82, 2.24) is 24.9 Å². The number of carbonyl (C=O) groups excluding carboxylic acids is 1. The van der Waals surface area contributed by atoms with Gasteiger partial charge in [-0.15, -0.1) is 5.10 Å². The van der Waals surface area contributed by atoms with Gasteiger partial charge >= 0.3 is 0 Å². The minimum Gasteiger partial charge on any atom is -0.367 e. The number of amides is 1. The predicted molar refractivity (Wildman–Crippen MR) is 112 cm³/mol. The van der Waals surface area contributed by atoms with Crippen LogP contribution in [-0.2, 0) is 6.42 Å². The number of nitrogens with one attached hydrogen (secondary N) is 2. The summed E-state index contributed by atoms with van der Waals surface area (Å²) in [5.41, 5.74) is 3.69. The fraction of sp³-hybridized carbons (Fsp3) is 0.400. The van der Waals surface area contributed by atoms with Gasteiger partial charge in [0.15, 0.2) is 5.82 Å². The number of hydrogen-bond donors (Lipinski definition) is 2. The summed E-state index contributed by atoms with van der Waals surface area (Å²) >= 11 is 0. The molecule has 1 fully saturated rings. The number of hydrogen-bond acceptors (Lipinski definition) is 6. The van der Waals surface area contributed by atoms with Gasteiger partial charge in [-0.25, -0.2) is 9.50 Å². The first kappa shape index (κ1) is 19.0. The van der Waals surface area contributed by atoms with Gasteiger partial charge in [0, 0.05) is 51.1 Å². The van der Waals surface area contributed by atoms with Crippen LogP contribution in [-0.4, -0.2) is 58.7 Å². The zero-order chi connectivity index (χ0) is 20.5. The van der Waals surface area contributed by atoms with E-state index in [-0.39, 0.29) is 11.5 Å². The fourth-order valence-corrected chi connectivity index (χ4v) is 3.70. The van der Waals surface area contributed by atoms with Crippen LogP contribution in [0.2, 0.25) is 0 Å². The van der Waals surface area contributed by atoms with Gasteiger partial charge in [0.05, 0.1) is 11.4 Å². The Hall–Kier alpha value is -3.36. The first-order valence-electron chi connectivity index (χ1n) is 9.81. The molecule has 4 heterocycles. The van der Waals surface area contributed by atoms with Gasteiger partial charge in [-0.05, 0) is 25.5 Å². The number of anilines is 2. The van der Waals surface area contributed by atoms with E-state index in [1.54, 1.807) is 23.8 Å². The lowest BCUT2D eigenvalue weighted by Crippen LogP contribution is -2.47. The second-order valence-corrected chi connectivity index (χ2v) is 7.15. The molecule has 152 valence electrons. The van der Waals surface area contributed by atoms with E-state index in [2.05, 4.69) is 30.2 Å². The fourth-order valence-electron chi connectivity index (χ4n) is 3.70. The third-order valence-electron chi connectivity index (χ3n) is 5.38. The van der Waals surface area contributed by atoms with Crippen molar-refractivity contribution in [2.45, 2.75) is 20.3 Å². The largest absolute Gasteiger partial charge is 0.367 e. The van der Waals surface area contributed by atoms with Crippen molar-refractivity contribution >= 4 is 23.1 Å². The van der Waals surface area contributed by atoms with Gasteiger partial charge in [-0.3, -0.25) is 9.59 Å². The molecule has 3 aromatic rings. The van der Waals surface area contributed by atoms with E-state index < -0.39 is 0 Å². The molecule has 1 amide bonds. The summed E-state index contributed by atoms with van der Waals surface area (Å²) < 4.78 is 1.74. The number of rotatable bonds is 4. The third-order valence-corrected chi connectivity index (χ3v) is 5.38. The monoisotopic (exact) mass is 395 g/mol. The van der Waals surface area contributed by atoms with Crippen LogP contribution in [0.3, 0.4) is 0 Å². The van der Waals surface area contributed by atoms with Gasteiger partial charge in [0.25, 0.3) is 11.5 Å². The SMILES string of the molecule is CCc1cn2nc(N3CCN(c4ccc(C(=O)NC)nc4C)CC3)cc2[nH]c1=O. The van der Waals surface area contributed by atoms with Gasteiger partial charge < -0.3 is 20.1 Å². The van der Waals surface area contributed by atoms with Gasteiger partial charge in [0.2, 0.25) is 0 Å². The topological polar surface area (TPSA) is 98.6 Å². The van der Waals surface area contributed by atoms with Gasteiger partial charge in [-0.1, -0.05) is 6.92 Å². The second kappa shape index (κ2) is 7.57. The van der Waals surface area contributed by atoms with Crippen LogP contribution in [0.15, 0.2) is 29.2 Å². The number of aromatic nitrogens is 4. The van der Waals surface area contributed by atoms with Crippen molar-refractivity contribution in [3.63, 3.8) is 0 Å². The molecule has 1 aliphatic heterocycles. The smallest absolute Gasteiger partial charge is 0.269 e. The van der Waals surface area contributed by atoms with E-state index in [0.717, 1.165) is 48.9 Å². The predicted octanol–water partition coefficient (Wildman–Crippen LogP) is 0.975. The van der Waals surface area contributed by atoms with E-state index in [4.69, 9.17) is 0 Å². The number of carbonyl (C=O) groups is 1. The zero-order valence-electron chi connectivity index (χ0n) is 16.9. The Morgan fingerprint density at radius 3 is 2.59 bits per heavy atom. The van der Waals surface area contributed by atoms with Crippen molar-refractivity contribution in [2.24, 2.45) is 0 Å². The minimum absolute atomic E-state index is 0.0561. The lowest BCUT2D eigenvalue weighted by atomic mass is 10.2. The number of aryl methyl sites for hydroxylation is 2. The highest BCUT2D eigenvalue weighted by atomic mass is 16.1. The quantitative estimate of drug-likeness (QED) is 0.683. The molecule has 9 heteroatoms. The molecule has 1 aliphatic rings. The summed E-state index contributed by atoms with van der Waals surface area (Å²) in [7, 11) is 1.60. The highest BCUT2D eigenvalue weighted by Gasteiger charge is 2.22. The molecule has 2 N–H and O–H groups in total. The van der Waals surface area contributed by atoms with Crippen molar-refractivity contribution in [1.29, 1.82) is 0 Å². The van der Waals surface area contributed by atoms with Gasteiger partial charge in [-0.2, -0.15) is 0 Å². The van der Waals surface area contributed by atoms with E-state index in [0.29, 0.717) is 17.8 Å². The first-order chi connectivity index (χ1) is 14.0. The molecule has 29 heavy (non-hydrogen) atoms. The molecule has 3 aromatic heterocycles. The molecule has 0 radical (unpaired) electrons. The van der Waals surface area contributed by atoms with E-state index in [1.807, 2.05) is 26.0 Å². The van der Waals surface area contributed by atoms with Gasteiger partial charge in [0.1, 0.15) is 11.3 Å². The molecule has 0 aliphatic carbocycles. The molecule has 0 bridgehead atoms. The summed E-state index contributed by atoms with van der Waals surface area (Å²) in [5, 5.41) is 7.24. The standard InChI is InChI=1S/C20H25N7O2/c1-4-14-12-27-17(23-19(14)28)11-18(24-27)26-9-7-25(8-10-26)16-6-5-15(20(29)21-3)22-13(16)2/h5-6,11-12H,4,7-10H2,1-3H3,(H,21,29)(H,23,28). The van der Waals surface area contributed by atoms with Crippen molar-refractivity contribution in [3.8, 4) is 0 Å². The number of aromatic amines is 1. The van der Waals surface area contributed by atoms with Crippen LogP contribution in [0.4, 0.5) is 11.5 Å². The number of piperazine rings is 1. The summed E-state index contributed by atoms with van der Waals surface area (Å²) in [5.74, 6) is 0.680. The van der Waals surface area contributed by atoms with Crippen molar-refractivity contribution < 1.29 is 4.79 Å². The summed E-state index contributed by atoms with van der Waals surface area (Å²) in [6, 6.07) is 5.64. The lowest BCUT2D eigenvalue weighted by molar-refractivity contribution is 0.0958. The molecular formula is C20H25N7O2. The average molecular weight is 395 g/mol. The molecule has 0 aromatic carbocycles. The Balaban J connectivity index is 1.49. The van der Waals surface area contributed by atoms with Crippen molar-refractivity contribution in [2.75, 3.05) is 43.0 Å². The average Bonchev–Trinajstić information content (AvgIpc) is 3.15. The van der Waals surface area contributed by atoms with Crippen LogP contribution in [0.25, 0.3) is 5.65 Å². The Kier molecular flexibility index (Phi) is 4.96. The van der Waals surface area contributed by atoms with E-state index in [1.165, 1.54) is 0 Å². The summed E-state index contributed by atoms with van der Waals surface area (Å²) in [4.78, 5) is 35.6. The third kappa shape index (κ3) is 3.55. The molecular weight excluding hydrogens is 370 g/mol. The molecule has 0 spiro atoms. The number of pyridine rings is 1. The summed E-state index contributed by atoms with van der Waals surface area (Å²) in [6.07, 6.45) is 2.47. The Labute approximate surface area is 168 Å². The van der Waals surface area contributed by atoms with Crippen LogP contribution < -0.4 is 20.7 Å². The maximum absolute atomic E-state index is 12.0. The van der Waals surface area contributed by atoms with Crippen molar-refractivity contribution in [3.05, 3.63) is 51.7 Å². The van der Waals surface area contributed by atoms with E-state index in [9.17, 15) is 9.59 Å². The molecule has 0 atom stereocenters. The maximum atomic E-state index is 12.0. The highest BCUT2D eigenvalue weighted by Crippen LogP contribution is 2.23. The molecule has 1 saturated heterocycles. The molecule has 0 saturated carbocycles. The van der Waals surface area contributed by atoms with E-state index >= 15 is 0 Å². The zero-order valence-corrected chi connectivity index (χ0v) is 16.9. The lowest BCUT2D eigenvalue weighted by Gasteiger charge is -2.36.